The summed E-state index contributed by atoms with van der Waals surface area (Å²) in [6, 6.07) is 12.5. The molecule has 0 radical (unpaired) electrons. The lowest BCUT2D eigenvalue weighted by atomic mass is 9.75. The number of phenolic OH excluding ortho intramolecular Hbond substituents is 1. The standard InChI is InChI=1S/C23H29NOS/c1-7-22(3,4)15-13-16(20(25)17(14-15)23(5,6)8-2)21-24-18-11-9-10-12-19(18)26-21/h9-14,25H,7-8H2,1-6H3. The van der Waals surface area contributed by atoms with E-state index in [1.165, 1.54) is 5.56 Å². The molecular formula is C23H29NOS. The lowest BCUT2D eigenvalue weighted by Crippen LogP contribution is -2.20. The number of fused-ring (bicyclic) bond motifs is 1. The van der Waals surface area contributed by atoms with Gasteiger partial charge in [0.1, 0.15) is 10.8 Å². The van der Waals surface area contributed by atoms with Crippen molar-refractivity contribution in [3.05, 3.63) is 47.5 Å². The first kappa shape index (κ1) is 18.9. The molecule has 1 N–H and O–H groups in total. The fraction of sp³-hybridized carbons (Fsp3) is 0.435. The van der Waals surface area contributed by atoms with Crippen LogP contribution < -0.4 is 0 Å². The number of hydrogen-bond acceptors (Lipinski definition) is 3. The van der Waals surface area contributed by atoms with E-state index in [2.05, 4.69) is 59.7 Å². The van der Waals surface area contributed by atoms with Crippen molar-refractivity contribution in [3.63, 3.8) is 0 Å². The van der Waals surface area contributed by atoms with Crippen LogP contribution in [-0.2, 0) is 10.8 Å². The molecule has 0 unspecified atom stereocenters. The highest BCUT2D eigenvalue weighted by Gasteiger charge is 2.29. The minimum Gasteiger partial charge on any atom is -0.507 e. The zero-order valence-electron chi connectivity index (χ0n) is 16.7. The Morgan fingerprint density at radius 2 is 1.62 bits per heavy atom. The maximum absolute atomic E-state index is 11.2. The average Bonchev–Trinajstić information content (AvgIpc) is 3.05. The van der Waals surface area contributed by atoms with Crippen molar-refractivity contribution in [3.8, 4) is 16.3 Å². The van der Waals surface area contributed by atoms with Gasteiger partial charge in [0.05, 0.1) is 15.8 Å². The van der Waals surface area contributed by atoms with E-state index in [4.69, 9.17) is 4.98 Å². The first-order valence-electron chi connectivity index (χ1n) is 9.43. The van der Waals surface area contributed by atoms with Gasteiger partial charge in [-0.2, -0.15) is 0 Å². The zero-order chi connectivity index (χ0) is 19.1. The van der Waals surface area contributed by atoms with E-state index in [9.17, 15) is 5.11 Å². The molecule has 1 heterocycles. The van der Waals surface area contributed by atoms with E-state index >= 15 is 0 Å². The summed E-state index contributed by atoms with van der Waals surface area (Å²) in [4.78, 5) is 4.80. The molecule has 2 nitrogen and oxygen atoms in total. The number of thiazole rings is 1. The van der Waals surface area contributed by atoms with Gasteiger partial charge in [-0.15, -0.1) is 11.3 Å². The number of aromatic nitrogens is 1. The molecule has 0 atom stereocenters. The van der Waals surface area contributed by atoms with Gasteiger partial charge >= 0.3 is 0 Å². The van der Waals surface area contributed by atoms with E-state index in [1.807, 2.05) is 18.2 Å². The zero-order valence-corrected chi connectivity index (χ0v) is 17.5. The van der Waals surface area contributed by atoms with Crippen molar-refractivity contribution in [1.29, 1.82) is 0 Å². The van der Waals surface area contributed by atoms with Gasteiger partial charge in [-0.05, 0) is 47.4 Å². The molecule has 3 rings (SSSR count). The maximum Gasteiger partial charge on any atom is 0.129 e. The topological polar surface area (TPSA) is 33.1 Å². The van der Waals surface area contributed by atoms with Crippen molar-refractivity contribution < 1.29 is 5.11 Å². The number of phenols is 1. The van der Waals surface area contributed by atoms with Gasteiger partial charge in [-0.25, -0.2) is 4.98 Å². The second-order valence-corrected chi connectivity index (χ2v) is 9.41. The van der Waals surface area contributed by atoms with Crippen LogP contribution in [0, 0.1) is 0 Å². The van der Waals surface area contributed by atoms with Crippen LogP contribution in [0.5, 0.6) is 5.75 Å². The molecule has 0 spiro atoms. The molecular weight excluding hydrogens is 338 g/mol. The van der Waals surface area contributed by atoms with Gasteiger partial charge < -0.3 is 5.11 Å². The van der Waals surface area contributed by atoms with Gasteiger partial charge in [0, 0.05) is 5.56 Å². The minimum atomic E-state index is -0.0879. The van der Waals surface area contributed by atoms with E-state index < -0.39 is 0 Å². The van der Waals surface area contributed by atoms with Crippen LogP contribution >= 0.6 is 11.3 Å². The summed E-state index contributed by atoms with van der Waals surface area (Å²) in [6.45, 7) is 13.3. The number of nitrogens with zero attached hydrogens (tertiary/aromatic N) is 1. The van der Waals surface area contributed by atoms with Gasteiger partial charge in [0.25, 0.3) is 0 Å². The molecule has 3 aromatic rings. The van der Waals surface area contributed by atoms with Crippen LogP contribution in [0.25, 0.3) is 20.8 Å². The molecule has 0 fully saturated rings. The fourth-order valence-electron chi connectivity index (χ4n) is 3.09. The monoisotopic (exact) mass is 367 g/mol. The Kier molecular flexibility index (Phi) is 4.87. The first-order valence-corrected chi connectivity index (χ1v) is 10.2. The lowest BCUT2D eigenvalue weighted by molar-refractivity contribution is 0.426. The Bertz CT molecular complexity index is 904. The molecule has 0 amide bonds. The number of para-hydroxylation sites is 1. The van der Waals surface area contributed by atoms with E-state index in [0.717, 1.165) is 39.2 Å². The molecule has 0 saturated carbocycles. The average molecular weight is 368 g/mol. The van der Waals surface area contributed by atoms with Gasteiger partial charge in [-0.1, -0.05) is 59.7 Å². The van der Waals surface area contributed by atoms with E-state index in [1.54, 1.807) is 11.3 Å². The van der Waals surface area contributed by atoms with Gasteiger partial charge in [0.15, 0.2) is 0 Å². The summed E-state index contributed by atoms with van der Waals surface area (Å²) in [5, 5.41) is 12.1. The van der Waals surface area contributed by atoms with Crippen LogP contribution in [-0.4, -0.2) is 10.1 Å². The summed E-state index contributed by atoms with van der Waals surface area (Å²) >= 11 is 1.65. The van der Waals surface area contributed by atoms with E-state index in [0.29, 0.717) is 5.75 Å². The van der Waals surface area contributed by atoms with Crippen LogP contribution in [0.3, 0.4) is 0 Å². The summed E-state index contributed by atoms with van der Waals surface area (Å²) < 4.78 is 1.15. The molecule has 0 saturated heterocycles. The van der Waals surface area contributed by atoms with Gasteiger partial charge in [-0.3, -0.25) is 0 Å². The van der Waals surface area contributed by atoms with Crippen molar-refractivity contribution in [2.45, 2.75) is 65.2 Å². The Morgan fingerprint density at radius 1 is 0.962 bits per heavy atom. The highest BCUT2D eigenvalue weighted by Crippen LogP contribution is 2.45. The molecule has 0 bridgehead atoms. The molecule has 26 heavy (non-hydrogen) atoms. The Labute approximate surface area is 160 Å². The quantitative estimate of drug-likeness (QED) is 0.524. The summed E-state index contributed by atoms with van der Waals surface area (Å²) in [5.41, 5.74) is 4.11. The molecule has 0 aliphatic rings. The number of benzene rings is 2. The van der Waals surface area contributed by atoms with Crippen molar-refractivity contribution in [2.24, 2.45) is 0 Å². The molecule has 0 aliphatic heterocycles. The molecule has 1 aromatic heterocycles. The van der Waals surface area contributed by atoms with Crippen LogP contribution in [0.2, 0.25) is 0 Å². The van der Waals surface area contributed by atoms with Crippen LogP contribution in [0.15, 0.2) is 36.4 Å². The minimum absolute atomic E-state index is 0.0533. The normalized spacial score (nSPS) is 12.7. The Balaban J connectivity index is 2.29. The third-order valence-corrected chi connectivity index (χ3v) is 6.98. The summed E-state index contributed by atoms with van der Waals surface area (Å²) in [7, 11) is 0. The number of rotatable bonds is 5. The van der Waals surface area contributed by atoms with E-state index in [-0.39, 0.29) is 10.8 Å². The fourth-order valence-corrected chi connectivity index (χ4v) is 4.07. The SMILES string of the molecule is CCC(C)(C)c1cc(-c2nc3ccccc3s2)c(O)c(C(C)(C)CC)c1. The van der Waals surface area contributed by atoms with Crippen molar-refractivity contribution in [1.82, 2.24) is 4.98 Å². The maximum atomic E-state index is 11.2. The van der Waals surface area contributed by atoms with Crippen LogP contribution in [0.1, 0.15) is 65.5 Å². The van der Waals surface area contributed by atoms with Crippen LogP contribution in [0.4, 0.5) is 0 Å². The molecule has 2 aromatic carbocycles. The number of aromatic hydroxyl groups is 1. The molecule has 0 aliphatic carbocycles. The Hall–Kier alpha value is -1.87. The molecule has 138 valence electrons. The highest BCUT2D eigenvalue weighted by molar-refractivity contribution is 7.21. The smallest absolute Gasteiger partial charge is 0.129 e. The largest absolute Gasteiger partial charge is 0.507 e. The second-order valence-electron chi connectivity index (χ2n) is 8.38. The second kappa shape index (κ2) is 6.70. The number of hydrogen-bond donors (Lipinski definition) is 1. The lowest BCUT2D eigenvalue weighted by Gasteiger charge is -2.30. The van der Waals surface area contributed by atoms with Gasteiger partial charge in [0.2, 0.25) is 0 Å². The van der Waals surface area contributed by atoms with Crippen molar-refractivity contribution in [2.75, 3.05) is 0 Å². The summed E-state index contributed by atoms with van der Waals surface area (Å²) in [6.07, 6.45) is 2.01. The highest BCUT2D eigenvalue weighted by atomic mass is 32.1. The summed E-state index contributed by atoms with van der Waals surface area (Å²) in [5.74, 6) is 0.381. The third-order valence-electron chi connectivity index (χ3n) is 5.91. The Morgan fingerprint density at radius 3 is 2.23 bits per heavy atom. The van der Waals surface area contributed by atoms with Crippen molar-refractivity contribution >= 4 is 21.6 Å². The first-order chi connectivity index (χ1) is 12.2. The molecule has 3 heteroatoms. The predicted octanol–water partition coefficient (Wildman–Crippen LogP) is 7.04. The third kappa shape index (κ3) is 3.25. The predicted molar refractivity (Wildman–Crippen MR) is 113 cm³/mol.